The van der Waals surface area contributed by atoms with Crippen LogP contribution in [0.5, 0.6) is 0 Å². The summed E-state index contributed by atoms with van der Waals surface area (Å²) in [4.78, 5) is 15.7. The first kappa shape index (κ1) is 11.7. The van der Waals surface area contributed by atoms with Crippen molar-refractivity contribution in [2.24, 2.45) is 0 Å². The lowest BCUT2D eigenvalue weighted by Crippen LogP contribution is -2.33. The number of nitrogens with zero attached hydrogens (tertiary/aromatic N) is 2. The van der Waals surface area contributed by atoms with Crippen LogP contribution < -0.4 is 5.32 Å². The van der Waals surface area contributed by atoms with Gasteiger partial charge in [-0.15, -0.1) is 11.3 Å². The molecular formula is C10H11N3O3S. The van der Waals surface area contributed by atoms with Gasteiger partial charge in [-0.25, -0.2) is 0 Å². The molecule has 0 aliphatic rings. The van der Waals surface area contributed by atoms with E-state index >= 15 is 0 Å². The number of hydrogen-bond donors (Lipinski definition) is 2. The summed E-state index contributed by atoms with van der Waals surface area (Å²) < 4.78 is 5.01. The van der Waals surface area contributed by atoms with Crippen molar-refractivity contribution in [2.45, 2.75) is 19.5 Å². The molecule has 0 radical (unpaired) electrons. The quantitative estimate of drug-likeness (QED) is 0.836. The van der Waals surface area contributed by atoms with Crippen molar-refractivity contribution in [3.8, 4) is 10.7 Å². The molecule has 2 rings (SSSR count). The molecule has 0 saturated carbocycles. The molecule has 0 unspecified atom stereocenters. The second kappa shape index (κ2) is 5.07. The third-order valence-corrected chi connectivity index (χ3v) is 3.01. The normalized spacial score (nSPS) is 12.5. The van der Waals surface area contributed by atoms with Gasteiger partial charge in [-0.05, 0) is 18.4 Å². The fraction of sp³-hybridized carbons (Fsp3) is 0.300. The summed E-state index contributed by atoms with van der Waals surface area (Å²) >= 11 is 1.52. The first-order valence-electron chi connectivity index (χ1n) is 4.99. The van der Waals surface area contributed by atoms with E-state index in [1.807, 2.05) is 17.5 Å². The molecule has 2 N–H and O–H groups in total. The minimum absolute atomic E-state index is 0.242. The van der Waals surface area contributed by atoms with Gasteiger partial charge in [-0.2, -0.15) is 4.98 Å². The second-order valence-corrected chi connectivity index (χ2v) is 4.38. The standard InChI is InChI=1S/C10H11N3O3S/c1-6(10(14)15)11-5-8-12-9(13-16-8)7-3-2-4-17-7/h2-4,6,11H,5H2,1H3,(H,14,15)/t6-/m1/s1. The van der Waals surface area contributed by atoms with Gasteiger partial charge in [0.2, 0.25) is 11.7 Å². The average molecular weight is 253 g/mol. The number of aromatic nitrogens is 2. The first-order chi connectivity index (χ1) is 8.16. The van der Waals surface area contributed by atoms with Crippen LogP contribution in [0.15, 0.2) is 22.0 Å². The van der Waals surface area contributed by atoms with Crippen molar-refractivity contribution in [2.75, 3.05) is 0 Å². The van der Waals surface area contributed by atoms with Gasteiger partial charge in [0.15, 0.2) is 0 Å². The number of nitrogens with one attached hydrogen (secondary N) is 1. The van der Waals surface area contributed by atoms with E-state index in [0.29, 0.717) is 11.7 Å². The van der Waals surface area contributed by atoms with Crippen LogP contribution >= 0.6 is 11.3 Å². The Morgan fingerprint density at radius 2 is 2.53 bits per heavy atom. The van der Waals surface area contributed by atoms with Gasteiger partial charge in [0.25, 0.3) is 0 Å². The van der Waals surface area contributed by atoms with Crippen LogP contribution in [0.25, 0.3) is 10.7 Å². The van der Waals surface area contributed by atoms with Crippen LogP contribution in [-0.2, 0) is 11.3 Å². The fourth-order valence-corrected chi connectivity index (χ4v) is 1.81. The maximum atomic E-state index is 10.6. The summed E-state index contributed by atoms with van der Waals surface area (Å²) in [6, 6.07) is 3.15. The van der Waals surface area contributed by atoms with Crippen molar-refractivity contribution in [1.29, 1.82) is 0 Å². The van der Waals surface area contributed by atoms with E-state index in [1.165, 1.54) is 11.3 Å². The molecule has 2 heterocycles. The highest BCUT2D eigenvalue weighted by Crippen LogP contribution is 2.21. The predicted molar refractivity (Wildman–Crippen MR) is 61.5 cm³/mol. The molecule has 0 bridgehead atoms. The molecule has 7 heteroatoms. The Morgan fingerprint density at radius 1 is 1.71 bits per heavy atom. The molecule has 1 atom stereocenters. The minimum Gasteiger partial charge on any atom is -0.480 e. The maximum absolute atomic E-state index is 10.6. The molecule has 0 aromatic carbocycles. The topological polar surface area (TPSA) is 88.3 Å². The zero-order chi connectivity index (χ0) is 12.3. The summed E-state index contributed by atoms with van der Waals surface area (Å²) in [6.45, 7) is 1.80. The lowest BCUT2D eigenvalue weighted by Gasteiger charge is -2.04. The second-order valence-electron chi connectivity index (χ2n) is 3.43. The van der Waals surface area contributed by atoms with Gasteiger partial charge in [-0.3, -0.25) is 10.1 Å². The van der Waals surface area contributed by atoms with Gasteiger partial charge in [0.05, 0.1) is 11.4 Å². The van der Waals surface area contributed by atoms with Gasteiger partial charge in [-0.1, -0.05) is 11.2 Å². The Morgan fingerprint density at radius 3 is 3.18 bits per heavy atom. The van der Waals surface area contributed by atoms with Crippen LogP contribution in [0.3, 0.4) is 0 Å². The Hall–Kier alpha value is -1.73. The van der Waals surface area contributed by atoms with Crippen LogP contribution in [0, 0.1) is 0 Å². The van der Waals surface area contributed by atoms with Crippen LogP contribution in [0.4, 0.5) is 0 Å². The van der Waals surface area contributed by atoms with Crippen LogP contribution in [0.2, 0.25) is 0 Å². The van der Waals surface area contributed by atoms with E-state index in [4.69, 9.17) is 9.63 Å². The van der Waals surface area contributed by atoms with Crippen molar-refractivity contribution in [3.05, 3.63) is 23.4 Å². The number of hydrogen-bond acceptors (Lipinski definition) is 6. The third-order valence-electron chi connectivity index (χ3n) is 2.14. The molecule has 2 aromatic heterocycles. The summed E-state index contributed by atoms with van der Waals surface area (Å²) in [5.41, 5.74) is 0. The highest BCUT2D eigenvalue weighted by atomic mass is 32.1. The van der Waals surface area contributed by atoms with Gasteiger partial charge in [0, 0.05) is 0 Å². The molecule has 17 heavy (non-hydrogen) atoms. The number of carboxylic acid groups (broad SMARTS) is 1. The molecule has 6 nitrogen and oxygen atoms in total. The molecular weight excluding hydrogens is 242 g/mol. The summed E-state index contributed by atoms with van der Waals surface area (Å²) in [5.74, 6) is -0.00993. The van der Waals surface area contributed by atoms with Crippen LogP contribution in [-0.4, -0.2) is 27.3 Å². The summed E-state index contributed by atoms with van der Waals surface area (Å²) in [6.07, 6.45) is 0. The Labute approximate surface area is 101 Å². The number of carboxylic acids is 1. The summed E-state index contributed by atoms with van der Waals surface area (Å²) in [7, 11) is 0. The molecule has 0 fully saturated rings. The molecule has 0 amide bonds. The smallest absolute Gasteiger partial charge is 0.320 e. The average Bonchev–Trinajstić information content (AvgIpc) is 2.95. The predicted octanol–water partition coefficient (Wildman–Crippen LogP) is 1.36. The Balaban J connectivity index is 1.97. The maximum Gasteiger partial charge on any atom is 0.320 e. The van der Waals surface area contributed by atoms with Crippen molar-refractivity contribution < 1.29 is 14.4 Å². The van der Waals surface area contributed by atoms with Crippen LogP contribution in [0.1, 0.15) is 12.8 Å². The Kier molecular flexibility index (Phi) is 3.50. The zero-order valence-corrected chi connectivity index (χ0v) is 9.90. The van der Waals surface area contributed by atoms with Gasteiger partial charge >= 0.3 is 5.97 Å². The number of thiophene rings is 1. The number of aliphatic carboxylic acids is 1. The molecule has 0 aliphatic heterocycles. The van der Waals surface area contributed by atoms with Gasteiger partial charge < -0.3 is 9.63 Å². The molecule has 90 valence electrons. The van der Waals surface area contributed by atoms with Crippen molar-refractivity contribution in [1.82, 2.24) is 15.5 Å². The Bertz CT molecular complexity index is 495. The highest BCUT2D eigenvalue weighted by molar-refractivity contribution is 7.13. The molecule has 2 aromatic rings. The van der Waals surface area contributed by atoms with Crippen molar-refractivity contribution in [3.63, 3.8) is 0 Å². The summed E-state index contributed by atoms with van der Waals surface area (Å²) in [5, 5.41) is 17.2. The monoisotopic (exact) mass is 253 g/mol. The highest BCUT2D eigenvalue weighted by Gasteiger charge is 2.13. The van der Waals surface area contributed by atoms with Gasteiger partial charge in [0.1, 0.15) is 6.04 Å². The molecule has 0 saturated heterocycles. The van der Waals surface area contributed by atoms with E-state index < -0.39 is 12.0 Å². The lowest BCUT2D eigenvalue weighted by molar-refractivity contribution is -0.139. The SMILES string of the molecule is C[C@@H](NCc1nc(-c2cccs2)no1)C(=O)O. The van der Waals surface area contributed by atoms with E-state index in [2.05, 4.69) is 15.5 Å². The third kappa shape index (κ3) is 2.89. The molecule has 0 aliphatic carbocycles. The first-order valence-corrected chi connectivity index (χ1v) is 5.87. The van der Waals surface area contributed by atoms with E-state index in [0.717, 1.165) is 4.88 Å². The van der Waals surface area contributed by atoms with E-state index in [-0.39, 0.29) is 6.54 Å². The van der Waals surface area contributed by atoms with E-state index in [1.54, 1.807) is 6.92 Å². The fourth-order valence-electron chi connectivity index (χ4n) is 1.16. The number of carbonyl (C=O) groups is 1. The van der Waals surface area contributed by atoms with E-state index in [9.17, 15) is 4.79 Å². The zero-order valence-electron chi connectivity index (χ0n) is 9.08. The minimum atomic E-state index is -0.914. The van der Waals surface area contributed by atoms with Crippen molar-refractivity contribution >= 4 is 17.3 Å². The molecule has 0 spiro atoms. The number of rotatable bonds is 5. The lowest BCUT2D eigenvalue weighted by atomic mass is 10.3. The largest absolute Gasteiger partial charge is 0.480 e.